The second-order valence-corrected chi connectivity index (χ2v) is 0.794. The summed E-state index contributed by atoms with van der Waals surface area (Å²) in [6, 6.07) is 0. The Labute approximate surface area is 34.3 Å². The molecule has 0 amide bonds. The Hall–Kier alpha value is -0.900. The Morgan fingerprint density at radius 1 is 2.00 bits per heavy atom. The maximum atomic E-state index is 8.21. The molecule has 0 aromatic heterocycles. The van der Waals surface area contributed by atoms with Crippen molar-refractivity contribution >= 4 is 0 Å². The van der Waals surface area contributed by atoms with E-state index in [0.29, 0.717) is 0 Å². The summed E-state index contributed by atoms with van der Waals surface area (Å²) in [7, 11) is 0. The molecular formula is C2H3N2O2. The first-order valence-electron chi connectivity index (χ1n) is 1.41. The number of rotatable bonds is 0. The molecule has 2 N–H and O–H groups in total. The van der Waals surface area contributed by atoms with Gasteiger partial charge in [0.15, 0.2) is 0 Å². The molecule has 0 aromatic rings. The zero-order valence-electron chi connectivity index (χ0n) is 2.88. The maximum absolute atomic E-state index is 8.21. The minimum absolute atomic E-state index is 0.199. The lowest BCUT2D eigenvalue weighted by Crippen LogP contribution is -2.08. The number of hydrogen-bond acceptors (Lipinski definition) is 3. The van der Waals surface area contributed by atoms with Crippen molar-refractivity contribution in [2.45, 2.75) is 0 Å². The van der Waals surface area contributed by atoms with Crippen LogP contribution in [0.1, 0.15) is 0 Å². The van der Waals surface area contributed by atoms with E-state index in [1.165, 1.54) is 6.20 Å². The average molecular weight is 87.1 g/mol. The molecule has 1 aliphatic rings. The first-order valence-corrected chi connectivity index (χ1v) is 1.41. The largest absolute Gasteiger partial charge is 0.479 e. The summed E-state index contributed by atoms with van der Waals surface area (Å²) in [6.07, 6.45) is 1.24. The number of nitrogens with one attached hydrogen (secondary N) is 1. The van der Waals surface area contributed by atoms with Crippen molar-refractivity contribution in [1.29, 1.82) is 0 Å². The molecular weight excluding hydrogens is 84.0 g/mol. The molecule has 0 spiro atoms. The van der Waals surface area contributed by atoms with Crippen LogP contribution in [0.2, 0.25) is 0 Å². The van der Waals surface area contributed by atoms with Crippen molar-refractivity contribution in [3.8, 4) is 0 Å². The summed E-state index contributed by atoms with van der Waals surface area (Å²) in [5.41, 5.74) is 5.33. The molecule has 0 fully saturated rings. The highest BCUT2D eigenvalue weighted by Gasteiger charge is 1.99. The van der Waals surface area contributed by atoms with E-state index in [4.69, 9.17) is 5.11 Å². The number of hydrogen-bond donors (Lipinski definition) is 2. The van der Waals surface area contributed by atoms with Crippen molar-refractivity contribution in [1.82, 2.24) is 11.0 Å². The zero-order chi connectivity index (χ0) is 4.41. The van der Waals surface area contributed by atoms with Gasteiger partial charge in [0.2, 0.25) is 0 Å². The van der Waals surface area contributed by atoms with Gasteiger partial charge in [0.1, 0.15) is 6.20 Å². The molecule has 4 nitrogen and oxygen atoms in total. The van der Waals surface area contributed by atoms with Crippen LogP contribution >= 0.6 is 0 Å². The van der Waals surface area contributed by atoms with Crippen LogP contribution in [0.4, 0.5) is 0 Å². The standard InChI is InChI=1S/C2H3N2O2/c5-2-1-3-4-6-2/h1,3,5H. The third-order valence-corrected chi connectivity index (χ3v) is 0.380. The lowest BCUT2D eigenvalue weighted by Gasteiger charge is -1.83. The van der Waals surface area contributed by atoms with Crippen LogP contribution in [0.25, 0.3) is 0 Å². The minimum Gasteiger partial charge on any atom is -0.479 e. The zero-order valence-corrected chi connectivity index (χ0v) is 2.88. The van der Waals surface area contributed by atoms with Gasteiger partial charge in [0.05, 0.1) is 5.59 Å². The molecule has 1 rings (SSSR count). The molecule has 1 aliphatic heterocycles. The Balaban J connectivity index is 2.45. The molecule has 1 radical (unpaired) electrons. The fourth-order valence-electron chi connectivity index (χ4n) is 0.181. The van der Waals surface area contributed by atoms with Gasteiger partial charge < -0.3 is 9.94 Å². The normalized spacial score (nSPS) is 18.3. The van der Waals surface area contributed by atoms with Crippen molar-refractivity contribution in [2.24, 2.45) is 0 Å². The first-order chi connectivity index (χ1) is 2.89. The van der Waals surface area contributed by atoms with Crippen LogP contribution in [0, 0.1) is 0 Å². The van der Waals surface area contributed by atoms with E-state index >= 15 is 0 Å². The molecule has 0 saturated carbocycles. The summed E-state index contributed by atoms with van der Waals surface area (Å²) >= 11 is 0. The van der Waals surface area contributed by atoms with E-state index in [-0.39, 0.29) is 5.95 Å². The van der Waals surface area contributed by atoms with Crippen molar-refractivity contribution in [3.05, 3.63) is 12.1 Å². The van der Waals surface area contributed by atoms with Crippen LogP contribution in [-0.4, -0.2) is 5.11 Å². The molecule has 0 unspecified atom stereocenters. The van der Waals surface area contributed by atoms with Crippen LogP contribution in [0.5, 0.6) is 0 Å². The van der Waals surface area contributed by atoms with Crippen LogP contribution in [0.3, 0.4) is 0 Å². The highest BCUT2D eigenvalue weighted by atomic mass is 16.7. The topological polar surface area (TPSA) is 55.6 Å². The molecule has 0 bridgehead atoms. The van der Waals surface area contributed by atoms with Gasteiger partial charge in [-0.25, -0.2) is 0 Å². The van der Waals surface area contributed by atoms with Crippen molar-refractivity contribution < 1.29 is 9.94 Å². The lowest BCUT2D eigenvalue weighted by atomic mass is 10.9. The molecule has 0 atom stereocenters. The maximum Gasteiger partial charge on any atom is 0.319 e. The summed E-state index contributed by atoms with van der Waals surface area (Å²) in [5.74, 6) is -0.199. The van der Waals surface area contributed by atoms with Crippen LogP contribution in [0.15, 0.2) is 12.1 Å². The average Bonchev–Trinajstić information content (AvgIpc) is 1.86. The monoisotopic (exact) mass is 87.0 g/mol. The lowest BCUT2D eigenvalue weighted by molar-refractivity contribution is 0.0278. The van der Waals surface area contributed by atoms with E-state index in [9.17, 15) is 0 Å². The van der Waals surface area contributed by atoms with Crippen LogP contribution < -0.4 is 11.0 Å². The Morgan fingerprint density at radius 2 is 2.83 bits per heavy atom. The molecule has 0 aromatic carbocycles. The predicted octanol–water partition coefficient (Wildman–Crippen LogP) is -0.603. The van der Waals surface area contributed by atoms with Crippen LogP contribution in [-0.2, 0) is 4.84 Å². The molecule has 0 aliphatic carbocycles. The second kappa shape index (κ2) is 1.06. The van der Waals surface area contributed by atoms with E-state index in [2.05, 4.69) is 15.9 Å². The summed E-state index contributed by atoms with van der Waals surface area (Å²) in [5, 5.41) is 8.21. The molecule has 33 valence electrons. The van der Waals surface area contributed by atoms with Gasteiger partial charge in [-0.05, 0) is 0 Å². The summed E-state index contributed by atoms with van der Waals surface area (Å²) < 4.78 is 0. The highest BCUT2D eigenvalue weighted by Crippen LogP contribution is 1.88. The Bertz CT molecular complexity index is 79.6. The molecule has 1 heterocycles. The van der Waals surface area contributed by atoms with Gasteiger partial charge in [0.25, 0.3) is 0 Å². The van der Waals surface area contributed by atoms with Gasteiger partial charge in [-0.15, -0.1) is 0 Å². The fraction of sp³-hybridized carbons (Fsp3) is 0. The fourth-order valence-corrected chi connectivity index (χ4v) is 0.181. The molecule has 4 heteroatoms. The Morgan fingerprint density at radius 3 is 3.00 bits per heavy atom. The van der Waals surface area contributed by atoms with E-state index in [1.54, 1.807) is 0 Å². The SMILES string of the molecule is OC1=CN[N]O1. The molecule has 6 heavy (non-hydrogen) atoms. The number of aliphatic hydroxyl groups excluding tert-OH is 1. The van der Waals surface area contributed by atoms with Gasteiger partial charge in [0, 0.05) is 0 Å². The smallest absolute Gasteiger partial charge is 0.319 e. The quantitative estimate of drug-likeness (QED) is 0.414. The minimum atomic E-state index is -0.199. The highest BCUT2D eigenvalue weighted by molar-refractivity contribution is 4.78. The summed E-state index contributed by atoms with van der Waals surface area (Å²) in [4.78, 5) is 4.08. The summed E-state index contributed by atoms with van der Waals surface area (Å²) in [6.45, 7) is 0. The second-order valence-electron chi connectivity index (χ2n) is 0.794. The van der Waals surface area contributed by atoms with Crippen molar-refractivity contribution in [2.75, 3.05) is 0 Å². The first kappa shape index (κ1) is 3.30. The van der Waals surface area contributed by atoms with Crippen molar-refractivity contribution in [3.63, 3.8) is 0 Å². The van der Waals surface area contributed by atoms with Gasteiger partial charge in [-0.3, -0.25) is 5.43 Å². The third kappa shape index (κ3) is 0.367. The van der Waals surface area contributed by atoms with Gasteiger partial charge >= 0.3 is 5.95 Å². The number of nitrogens with zero attached hydrogens (tertiary/aromatic N) is 1. The third-order valence-electron chi connectivity index (χ3n) is 0.380. The van der Waals surface area contributed by atoms with E-state index < -0.39 is 0 Å². The molecule has 0 saturated heterocycles. The number of aliphatic hydroxyl groups is 1. The van der Waals surface area contributed by atoms with Gasteiger partial charge in [-0.2, -0.15) is 0 Å². The van der Waals surface area contributed by atoms with E-state index in [1.807, 2.05) is 0 Å². The Kier molecular flexibility index (Phi) is 0.582. The predicted molar refractivity (Wildman–Crippen MR) is 17.1 cm³/mol. The van der Waals surface area contributed by atoms with E-state index in [0.717, 1.165) is 0 Å². The van der Waals surface area contributed by atoms with Gasteiger partial charge in [-0.1, -0.05) is 0 Å².